The Bertz CT molecular complexity index is 1200. The number of carboxylic acid groups (broad SMARTS) is 2. The normalized spacial score (nSPS) is 12.2. The molecule has 62 heavy (non-hydrogen) atoms. The van der Waals surface area contributed by atoms with E-state index in [1.54, 1.807) is 0 Å². The molecule has 16 heteroatoms. The maximum absolute atomic E-state index is 12.4. The lowest BCUT2D eigenvalue weighted by atomic mass is 9.94. The molecule has 0 aromatic rings. The minimum atomic E-state index is -1.07. The van der Waals surface area contributed by atoms with Crippen LogP contribution >= 0.6 is 0 Å². The largest absolute Gasteiger partial charge is 0.481 e. The van der Waals surface area contributed by atoms with E-state index in [4.69, 9.17) is 29.2 Å². The number of Topliss-reactive ketones (excluding diaryl/α,β-unsaturated/α-hetero) is 3. The fourth-order valence-electron chi connectivity index (χ4n) is 6.82. The zero-order chi connectivity index (χ0) is 45.9. The van der Waals surface area contributed by atoms with Crippen LogP contribution in [0.1, 0.15) is 167 Å². The van der Waals surface area contributed by atoms with Crippen LogP contribution in [0.5, 0.6) is 0 Å². The second kappa shape index (κ2) is 43.0. The number of carboxylic acids is 2. The van der Waals surface area contributed by atoms with Crippen LogP contribution in [-0.2, 0) is 52.5 Å². The number of ether oxygens (including phenoxy) is 4. The molecule has 0 aliphatic heterocycles. The molecule has 0 heterocycles. The van der Waals surface area contributed by atoms with Gasteiger partial charge in [-0.3, -0.25) is 33.6 Å². The number of hydrogen-bond donors (Lipinski definition) is 5. The second-order valence-corrected chi connectivity index (χ2v) is 16.1. The number of carbonyl (C=O) groups is 7. The third-order valence-corrected chi connectivity index (χ3v) is 10.6. The number of ketones is 3. The summed E-state index contributed by atoms with van der Waals surface area (Å²) in [6, 6.07) is 0. The first-order chi connectivity index (χ1) is 30.0. The predicted octanol–water partition coefficient (Wildman–Crippen LogP) is 6.16. The third kappa shape index (κ3) is 39.5. The van der Waals surface area contributed by atoms with E-state index in [2.05, 4.69) is 10.6 Å². The van der Waals surface area contributed by atoms with E-state index in [0.29, 0.717) is 51.9 Å². The van der Waals surface area contributed by atoms with E-state index < -0.39 is 24.5 Å². The van der Waals surface area contributed by atoms with E-state index in [9.17, 15) is 38.7 Å². The lowest BCUT2D eigenvalue weighted by molar-refractivity contribution is -0.144. The minimum Gasteiger partial charge on any atom is -0.481 e. The lowest BCUT2D eigenvalue weighted by Crippen LogP contribution is -2.29. The maximum atomic E-state index is 12.4. The number of carbonyl (C=O) groups excluding carboxylic acids is 5. The van der Waals surface area contributed by atoms with Gasteiger partial charge in [0.05, 0.1) is 39.0 Å². The van der Waals surface area contributed by atoms with E-state index in [1.807, 2.05) is 6.92 Å². The van der Waals surface area contributed by atoms with Gasteiger partial charge in [0.2, 0.25) is 11.8 Å². The molecule has 2 amide bonds. The van der Waals surface area contributed by atoms with Crippen molar-refractivity contribution in [1.82, 2.24) is 10.6 Å². The molecule has 5 N–H and O–H groups in total. The van der Waals surface area contributed by atoms with Gasteiger partial charge in [0.25, 0.3) is 0 Å². The lowest BCUT2D eigenvalue weighted by Gasteiger charge is -2.12. The molecule has 0 saturated carbocycles. The molecule has 0 spiro atoms. The summed E-state index contributed by atoms with van der Waals surface area (Å²) in [4.78, 5) is 82.4. The van der Waals surface area contributed by atoms with E-state index >= 15 is 0 Å². The molecule has 0 unspecified atom stereocenters. The summed E-state index contributed by atoms with van der Waals surface area (Å²) in [6.45, 7) is 3.68. The van der Waals surface area contributed by atoms with Gasteiger partial charge in [0, 0.05) is 57.7 Å². The second-order valence-electron chi connectivity index (χ2n) is 16.1. The SMILES string of the molecule is CC[C@@H](CCCCNC(=O)COCCOCCCC(=O)COCCOCCNC(=O)CC[C@H](CC(=O)CCCCCCCCCCCCCCCCC(=O)O)C(=O)O)C(=O)CO. The van der Waals surface area contributed by atoms with E-state index in [1.165, 1.54) is 44.9 Å². The maximum Gasteiger partial charge on any atom is 0.306 e. The van der Waals surface area contributed by atoms with Crippen molar-refractivity contribution in [2.75, 3.05) is 72.6 Å². The first-order valence-corrected chi connectivity index (χ1v) is 23.5. The van der Waals surface area contributed by atoms with Crippen molar-refractivity contribution >= 4 is 41.1 Å². The Morgan fingerprint density at radius 1 is 0.468 bits per heavy atom. The Kier molecular flexibility index (Phi) is 40.7. The molecule has 2 atom stereocenters. The van der Waals surface area contributed by atoms with Crippen LogP contribution in [0.3, 0.4) is 0 Å². The Labute approximate surface area is 370 Å². The van der Waals surface area contributed by atoms with Crippen molar-refractivity contribution in [2.24, 2.45) is 11.8 Å². The monoisotopic (exact) mass is 887 g/mol. The molecule has 0 aliphatic rings. The average Bonchev–Trinajstić information content (AvgIpc) is 3.24. The predicted molar refractivity (Wildman–Crippen MR) is 235 cm³/mol. The van der Waals surface area contributed by atoms with E-state index in [-0.39, 0.29) is 107 Å². The molecular formula is C46H82N2O14. The average molecular weight is 887 g/mol. The molecule has 0 aromatic heterocycles. The summed E-state index contributed by atoms with van der Waals surface area (Å²) in [5, 5.41) is 32.7. The molecular weight excluding hydrogens is 805 g/mol. The molecule has 0 saturated heterocycles. The summed E-state index contributed by atoms with van der Waals surface area (Å²) >= 11 is 0. The highest BCUT2D eigenvalue weighted by Gasteiger charge is 2.22. The van der Waals surface area contributed by atoms with Gasteiger partial charge in [-0.15, -0.1) is 0 Å². The van der Waals surface area contributed by atoms with Crippen LogP contribution in [0.25, 0.3) is 0 Å². The highest BCUT2D eigenvalue weighted by molar-refractivity contribution is 5.84. The van der Waals surface area contributed by atoms with Crippen molar-refractivity contribution in [1.29, 1.82) is 0 Å². The van der Waals surface area contributed by atoms with Crippen molar-refractivity contribution < 1.29 is 67.8 Å². The van der Waals surface area contributed by atoms with Gasteiger partial charge in [0.1, 0.15) is 25.6 Å². The van der Waals surface area contributed by atoms with Crippen LogP contribution in [-0.4, -0.2) is 129 Å². The highest BCUT2D eigenvalue weighted by atomic mass is 16.5. The van der Waals surface area contributed by atoms with Gasteiger partial charge in [-0.1, -0.05) is 90.4 Å². The van der Waals surface area contributed by atoms with Crippen LogP contribution in [0, 0.1) is 11.8 Å². The molecule has 0 aromatic carbocycles. The number of unbranched alkanes of at least 4 members (excludes halogenated alkanes) is 14. The summed E-state index contributed by atoms with van der Waals surface area (Å²) < 4.78 is 21.5. The molecule has 360 valence electrons. The molecule has 16 nitrogen and oxygen atoms in total. The standard InChI is InChI=1S/C46H82N2O14/c1-2-38(42(52)35-49)20-17-18-26-47-44(54)37-62-33-30-59-28-19-22-41(51)36-61-32-31-60-29-27-48-43(53)25-24-39(46(57)58)34-40(50)21-15-13-11-9-7-5-3-4-6-8-10-12-14-16-23-45(55)56/h38-39,49H,2-37H2,1H3,(H,47,54)(H,48,53)(H,55,56)(H,57,58)/t38-,39+/m0/s1. The first-order valence-electron chi connectivity index (χ1n) is 23.5. The first kappa shape index (κ1) is 58.7. The van der Waals surface area contributed by atoms with Crippen LogP contribution < -0.4 is 10.6 Å². The zero-order valence-corrected chi connectivity index (χ0v) is 37.9. The van der Waals surface area contributed by atoms with Gasteiger partial charge >= 0.3 is 11.9 Å². The number of aliphatic carboxylic acids is 2. The molecule has 0 aliphatic carbocycles. The Morgan fingerprint density at radius 2 is 0.984 bits per heavy atom. The smallest absolute Gasteiger partial charge is 0.306 e. The Hall–Kier alpha value is -3.31. The minimum absolute atomic E-state index is 0.00250. The number of hydrogen-bond acceptors (Lipinski definition) is 12. The number of aliphatic hydroxyl groups excluding tert-OH is 1. The Balaban J connectivity index is 3.66. The Morgan fingerprint density at radius 3 is 1.55 bits per heavy atom. The highest BCUT2D eigenvalue weighted by Crippen LogP contribution is 2.17. The van der Waals surface area contributed by atoms with E-state index in [0.717, 1.165) is 57.8 Å². The van der Waals surface area contributed by atoms with Crippen molar-refractivity contribution in [3.63, 3.8) is 0 Å². The van der Waals surface area contributed by atoms with Gasteiger partial charge in [0.15, 0.2) is 11.6 Å². The zero-order valence-electron chi connectivity index (χ0n) is 37.9. The quantitative estimate of drug-likeness (QED) is 0.0430. The van der Waals surface area contributed by atoms with Gasteiger partial charge < -0.3 is 44.9 Å². The van der Waals surface area contributed by atoms with Crippen molar-refractivity contribution in [3.05, 3.63) is 0 Å². The van der Waals surface area contributed by atoms with Crippen molar-refractivity contribution in [2.45, 2.75) is 167 Å². The number of aliphatic hydroxyl groups is 1. The van der Waals surface area contributed by atoms with Gasteiger partial charge in [-0.25, -0.2) is 0 Å². The number of amides is 2. The molecule has 0 rings (SSSR count). The summed E-state index contributed by atoms with van der Waals surface area (Å²) in [5.74, 6) is -3.62. The molecule has 0 fully saturated rings. The molecule has 0 bridgehead atoms. The van der Waals surface area contributed by atoms with Gasteiger partial charge in [-0.2, -0.15) is 0 Å². The fraction of sp³-hybridized carbons (Fsp3) is 0.848. The number of nitrogens with one attached hydrogen (secondary N) is 2. The fourth-order valence-corrected chi connectivity index (χ4v) is 6.82. The third-order valence-electron chi connectivity index (χ3n) is 10.6. The summed E-state index contributed by atoms with van der Waals surface area (Å²) in [5.41, 5.74) is 0. The van der Waals surface area contributed by atoms with Crippen LogP contribution in [0.15, 0.2) is 0 Å². The summed E-state index contributed by atoms with van der Waals surface area (Å²) in [7, 11) is 0. The van der Waals surface area contributed by atoms with Gasteiger partial charge in [-0.05, 0) is 44.9 Å². The topological polar surface area (TPSA) is 241 Å². The number of rotatable bonds is 48. The molecule has 0 radical (unpaired) electrons. The van der Waals surface area contributed by atoms with Crippen LogP contribution in [0.2, 0.25) is 0 Å². The summed E-state index contributed by atoms with van der Waals surface area (Å²) in [6.07, 6.45) is 19.7. The van der Waals surface area contributed by atoms with Crippen LogP contribution in [0.4, 0.5) is 0 Å². The van der Waals surface area contributed by atoms with Crippen molar-refractivity contribution in [3.8, 4) is 0 Å².